The molecule has 0 fully saturated rings. The van der Waals surface area contributed by atoms with Crippen LogP contribution in [0.2, 0.25) is 0 Å². The maximum atomic E-state index is 15.8. The first kappa shape index (κ1) is 20.6. The normalized spacial score (nSPS) is 21.5. The lowest BCUT2D eigenvalue weighted by Gasteiger charge is -2.18. The molecule has 30 heavy (non-hydrogen) atoms. The Morgan fingerprint density at radius 3 is 2.87 bits per heavy atom. The van der Waals surface area contributed by atoms with Crippen LogP contribution in [0.4, 0.5) is 21.8 Å². The Morgan fingerprint density at radius 2 is 2.10 bits per heavy atom. The minimum absolute atomic E-state index is 0.144. The van der Waals surface area contributed by atoms with Crippen molar-refractivity contribution in [3.05, 3.63) is 40.8 Å². The number of halogens is 1. The number of ether oxygens (including phenoxy) is 1. The van der Waals surface area contributed by atoms with Gasteiger partial charge in [0, 0.05) is 49.8 Å². The minimum Gasteiger partial charge on any atom is -0.492 e. The molecule has 0 radical (unpaired) electrons. The van der Waals surface area contributed by atoms with E-state index in [9.17, 15) is 5.11 Å². The summed E-state index contributed by atoms with van der Waals surface area (Å²) in [7, 11) is 3.72. The molecule has 3 heterocycles. The minimum atomic E-state index is -0.562. The highest BCUT2D eigenvalue weighted by molar-refractivity contribution is 5.78. The molecule has 0 aliphatic carbocycles. The van der Waals surface area contributed by atoms with Crippen LogP contribution in [0.1, 0.15) is 36.1 Å². The lowest BCUT2D eigenvalue weighted by molar-refractivity contribution is 0.139. The van der Waals surface area contributed by atoms with E-state index in [-0.39, 0.29) is 5.92 Å². The molecule has 1 aromatic heterocycles. The van der Waals surface area contributed by atoms with Crippen molar-refractivity contribution in [3.63, 3.8) is 0 Å². The second kappa shape index (κ2) is 8.20. The van der Waals surface area contributed by atoms with Crippen molar-refractivity contribution in [1.29, 1.82) is 0 Å². The SMILES string of the molecule is CNc1cc(C)nc(Nc2cc3c(c(C4=CCN(C)C[C@H](O)C4)c2F)OC[C@@H]3C)n1. The molecule has 1 aromatic carbocycles. The Bertz CT molecular complexity index is 994. The number of rotatable bonds is 4. The van der Waals surface area contributed by atoms with Gasteiger partial charge in [0.05, 0.1) is 24.0 Å². The second-order valence-corrected chi connectivity index (χ2v) is 8.15. The van der Waals surface area contributed by atoms with Crippen molar-refractivity contribution < 1.29 is 14.2 Å². The molecule has 0 saturated heterocycles. The fraction of sp³-hybridized carbons (Fsp3) is 0.455. The number of nitrogens with zero attached hydrogens (tertiary/aromatic N) is 3. The van der Waals surface area contributed by atoms with Crippen LogP contribution >= 0.6 is 0 Å². The Balaban J connectivity index is 1.81. The standard InChI is InChI=1S/C22H28FN5O2/c1-12-11-30-21-16(12)9-17(26-22-25-13(2)7-18(24-3)27-22)20(23)19(21)14-5-6-28(4)10-15(29)8-14/h5,7,9,12,15,29H,6,8,10-11H2,1-4H3,(H2,24,25,26,27)/t12-,15+/m0/s1. The monoisotopic (exact) mass is 413 g/mol. The van der Waals surface area contributed by atoms with Gasteiger partial charge in [-0.15, -0.1) is 0 Å². The summed E-state index contributed by atoms with van der Waals surface area (Å²) in [5, 5.41) is 16.4. The number of aliphatic hydroxyl groups excluding tert-OH is 1. The van der Waals surface area contributed by atoms with Crippen LogP contribution in [-0.4, -0.2) is 59.9 Å². The highest BCUT2D eigenvalue weighted by Gasteiger charge is 2.31. The van der Waals surface area contributed by atoms with Gasteiger partial charge < -0.3 is 25.4 Å². The topological polar surface area (TPSA) is 82.5 Å². The predicted molar refractivity (Wildman–Crippen MR) is 116 cm³/mol. The molecule has 2 aliphatic heterocycles. The zero-order valence-corrected chi connectivity index (χ0v) is 17.8. The molecule has 2 aliphatic rings. The summed E-state index contributed by atoms with van der Waals surface area (Å²) in [6.07, 6.45) is 1.79. The number of fused-ring (bicyclic) bond motifs is 1. The van der Waals surface area contributed by atoms with E-state index < -0.39 is 11.9 Å². The van der Waals surface area contributed by atoms with E-state index in [0.29, 0.717) is 54.9 Å². The molecule has 0 amide bonds. The zero-order chi connectivity index (χ0) is 21.4. The van der Waals surface area contributed by atoms with E-state index in [2.05, 4.69) is 27.5 Å². The van der Waals surface area contributed by atoms with Crippen LogP contribution in [0.25, 0.3) is 5.57 Å². The number of likely N-dealkylation sites (N-methyl/N-ethyl adjacent to an activating group) is 1. The van der Waals surface area contributed by atoms with Gasteiger partial charge in [-0.1, -0.05) is 13.0 Å². The van der Waals surface area contributed by atoms with Crippen LogP contribution in [0.15, 0.2) is 18.2 Å². The van der Waals surface area contributed by atoms with Crippen molar-refractivity contribution in [2.24, 2.45) is 0 Å². The molecule has 7 nitrogen and oxygen atoms in total. The molecule has 4 rings (SSSR count). The van der Waals surface area contributed by atoms with Crippen molar-refractivity contribution in [2.45, 2.75) is 32.3 Å². The number of benzene rings is 1. The fourth-order valence-corrected chi connectivity index (χ4v) is 4.04. The zero-order valence-electron chi connectivity index (χ0n) is 17.8. The third-order valence-corrected chi connectivity index (χ3v) is 5.56. The van der Waals surface area contributed by atoms with Crippen LogP contribution in [0, 0.1) is 12.7 Å². The summed E-state index contributed by atoms with van der Waals surface area (Å²) in [5.74, 6) is 1.29. The van der Waals surface area contributed by atoms with Gasteiger partial charge in [-0.3, -0.25) is 0 Å². The first-order chi connectivity index (χ1) is 14.4. The third kappa shape index (κ3) is 3.97. The number of anilines is 3. The van der Waals surface area contributed by atoms with E-state index in [4.69, 9.17) is 4.74 Å². The smallest absolute Gasteiger partial charge is 0.229 e. The average molecular weight is 413 g/mol. The van der Waals surface area contributed by atoms with Gasteiger partial charge in [0.15, 0.2) is 5.82 Å². The van der Waals surface area contributed by atoms with E-state index in [0.717, 1.165) is 16.8 Å². The van der Waals surface area contributed by atoms with E-state index in [1.807, 2.05) is 31.0 Å². The maximum absolute atomic E-state index is 15.8. The molecule has 0 bridgehead atoms. The Morgan fingerprint density at radius 1 is 1.30 bits per heavy atom. The molecule has 2 aromatic rings. The van der Waals surface area contributed by atoms with Gasteiger partial charge in [0.1, 0.15) is 11.6 Å². The summed E-state index contributed by atoms with van der Waals surface area (Å²) in [4.78, 5) is 10.8. The molecule has 8 heteroatoms. The summed E-state index contributed by atoms with van der Waals surface area (Å²) in [6.45, 7) is 5.61. The summed E-state index contributed by atoms with van der Waals surface area (Å²) >= 11 is 0. The fourth-order valence-electron chi connectivity index (χ4n) is 4.04. The quantitative estimate of drug-likeness (QED) is 0.710. The van der Waals surface area contributed by atoms with Gasteiger partial charge in [-0.05, 0) is 25.6 Å². The average Bonchev–Trinajstić information content (AvgIpc) is 2.96. The lowest BCUT2D eigenvalue weighted by atomic mass is 9.92. The van der Waals surface area contributed by atoms with Crippen LogP contribution in [-0.2, 0) is 0 Å². The maximum Gasteiger partial charge on any atom is 0.229 e. The van der Waals surface area contributed by atoms with Gasteiger partial charge in [-0.25, -0.2) is 9.37 Å². The van der Waals surface area contributed by atoms with Gasteiger partial charge in [0.2, 0.25) is 5.95 Å². The van der Waals surface area contributed by atoms with Gasteiger partial charge >= 0.3 is 0 Å². The number of nitrogens with one attached hydrogen (secondary N) is 2. The van der Waals surface area contributed by atoms with Crippen molar-refractivity contribution in [1.82, 2.24) is 14.9 Å². The third-order valence-electron chi connectivity index (χ3n) is 5.56. The van der Waals surface area contributed by atoms with Crippen LogP contribution < -0.4 is 15.4 Å². The molecule has 160 valence electrons. The van der Waals surface area contributed by atoms with E-state index >= 15 is 4.39 Å². The first-order valence-corrected chi connectivity index (χ1v) is 10.2. The van der Waals surface area contributed by atoms with Crippen LogP contribution in [0.5, 0.6) is 5.75 Å². The number of aliphatic hydroxyl groups is 1. The number of β-amino-alcohol motifs (C(OH)–C–C–N with tert-alkyl or cyclic N) is 1. The van der Waals surface area contributed by atoms with Gasteiger partial charge in [-0.2, -0.15) is 4.98 Å². The summed E-state index contributed by atoms with van der Waals surface area (Å²) < 4.78 is 21.7. The number of aryl methyl sites for hydroxylation is 1. The summed E-state index contributed by atoms with van der Waals surface area (Å²) in [6, 6.07) is 3.61. The van der Waals surface area contributed by atoms with Crippen molar-refractivity contribution in [3.8, 4) is 5.75 Å². The Labute approximate surface area is 176 Å². The number of hydrogen-bond donors (Lipinski definition) is 3. The van der Waals surface area contributed by atoms with Crippen molar-refractivity contribution in [2.75, 3.05) is 44.4 Å². The Hall–Kier alpha value is -2.71. The molecular weight excluding hydrogens is 385 g/mol. The molecule has 3 N–H and O–H groups in total. The largest absolute Gasteiger partial charge is 0.492 e. The predicted octanol–water partition coefficient (Wildman–Crippen LogP) is 3.29. The van der Waals surface area contributed by atoms with Crippen LogP contribution in [0.3, 0.4) is 0 Å². The highest BCUT2D eigenvalue weighted by atomic mass is 19.1. The molecule has 0 saturated carbocycles. The molecule has 0 unspecified atom stereocenters. The molecular formula is C22H28FN5O2. The highest BCUT2D eigenvalue weighted by Crippen LogP contribution is 2.45. The van der Waals surface area contributed by atoms with E-state index in [1.54, 1.807) is 13.1 Å². The molecule has 2 atom stereocenters. The van der Waals surface area contributed by atoms with E-state index in [1.165, 1.54) is 0 Å². The number of aromatic nitrogens is 2. The number of hydrogen-bond acceptors (Lipinski definition) is 7. The lowest BCUT2D eigenvalue weighted by Crippen LogP contribution is -2.27. The Kier molecular flexibility index (Phi) is 5.62. The molecule has 0 spiro atoms. The first-order valence-electron chi connectivity index (χ1n) is 10.2. The van der Waals surface area contributed by atoms with Gasteiger partial charge in [0.25, 0.3) is 0 Å². The van der Waals surface area contributed by atoms with Crippen molar-refractivity contribution >= 4 is 23.0 Å². The summed E-state index contributed by atoms with van der Waals surface area (Å²) in [5.41, 5.74) is 3.22. The second-order valence-electron chi connectivity index (χ2n) is 8.15.